The maximum absolute atomic E-state index is 11.9. The molecular weight excluding hydrogens is 320 g/mol. The summed E-state index contributed by atoms with van der Waals surface area (Å²) in [6.07, 6.45) is 0.166. The molecular formula is C20H20O3S. The van der Waals surface area contributed by atoms with E-state index in [1.54, 1.807) is 0 Å². The van der Waals surface area contributed by atoms with Crippen molar-refractivity contribution in [2.75, 3.05) is 6.61 Å². The van der Waals surface area contributed by atoms with Crippen molar-refractivity contribution in [3.8, 4) is 16.9 Å². The number of carbonyl (C=O) groups excluding carboxylic acids is 1. The first-order valence-electron chi connectivity index (χ1n) is 8.04. The second-order valence-corrected chi connectivity index (χ2v) is 6.86. The number of ether oxygens (including phenoxy) is 2. The van der Waals surface area contributed by atoms with Crippen molar-refractivity contribution in [1.29, 1.82) is 0 Å². The van der Waals surface area contributed by atoms with Gasteiger partial charge >= 0.3 is 5.97 Å². The van der Waals surface area contributed by atoms with Crippen LogP contribution in [0.3, 0.4) is 0 Å². The fourth-order valence-corrected chi connectivity index (χ4v) is 3.46. The third kappa shape index (κ3) is 3.60. The Morgan fingerprint density at radius 1 is 1.04 bits per heavy atom. The van der Waals surface area contributed by atoms with E-state index in [9.17, 15) is 4.79 Å². The molecule has 0 amide bonds. The Morgan fingerprint density at radius 2 is 1.75 bits per heavy atom. The molecule has 0 unspecified atom stereocenters. The number of thiophene rings is 1. The predicted molar refractivity (Wildman–Crippen MR) is 99.0 cm³/mol. The highest BCUT2D eigenvalue weighted by Crippen LogP contribution is 2.31. The SMILES string of the molecule is CCOC(=O)c1cc2cc(-c3ccc(OC(C)C)cc3)ccc2s1. The van der Waals surface area contributed by atoms with Crippen LogP contribution in [-0.4, -0.2) is 18.7 Å². The first-order chi connectivity index (χ1) is 11.6. The van der Waals surface area contributed by atoms with Crippen LogP contribution in [0.2, 0.25) is 0 Å². The molecule has 0 aliphatic carbocycles. The largest absolute Gasteiger partial charge is 0.491 e. The quantitative estimate of drug-likeness (QED) is 0.573. The molecule has 0 aliphatic heterocycles. The van der Waals surface area contributed by atoms with E-state index in [2.05, 4.69) is 30.3 Å². The van der Waals surface area contributed by atoms with E-state index in [0.717, 1.165) is 27.0 Å². The van der Waals surface area contributed by atoms with E-state index >= 15 is 0 Å². The Hall–Kier alpha value is -2.33. The molecule has 3 rings (SSSR count). The van der Waals surface area contributed by atoms with Gasteiger partial charge in [-0.2, -0.15) is 0 Å². The molecule has 4 heteroatoms. The van der Waals surface area contributed by atoms with Crippen LogP contribution in [0.4, 0.5) is 0 Å². The molecule has 0 N–H and O–H groups in total. The van der Waals surface area contributed by atoms with Gasteiger partial charge in [0.2, 0.25) is 0 Å². The van der Waals surface area contributed by atoms with Crippen molar-refractivity contribution in [3.05, 3.63) is 53.4 Å². The predicted octanol–water partition coefficient (Wildman–Crippen LogP) is 5.53. The zero-order valence-electron chi connectivity index (χ0n) is 14.0. The molecule has 0 radical (unpaired) electrons. The lowest BCUT2D eigenvalue weighted by atomic mass is 10.0. The minimum absolute atomic E-state index is 0.166. The van der Waals surface area contributed by atoms with Gasteiger partial charge in [0.25, 0.3) is 0 Å². The van der Waals surface area contributed by atoms with Crippen molar-refractivity contribution >= 4 is 27.4 Å². The summed E-state index contributed by atoms with van der Waals surface area (Å²) in [5.74, 6) is 0.616. The minimum Gasteiger partial charge on any atom is -0.491 e. The summed E-state index contributed by atoms with van der Waals surface area (Å²) >= 11 is 1.46. The molecule has 24 heavy (non-hydrogen) atoms. The van der Waals surface area contributed by atoms with E-state index < -0.39 is 0 Å². The standard InChI is InChI=1S/C20H20O3S/c1-4-22-20(21)19-12-16-11-15(7-10-18(16)24-19)14-5-8-17(9-6-14)23-13(2)3/h5-13H,4H2,1-3H3. The van der Waals surface area contributed by atoms with Crippen LogP contribution in [0.5, 0.6) is 5.75 Å². The Labute approximate surface area is 145 Å². The summed E-state index contributed by atoms with van der Waals surface area (Å²) in [7, 11) is 0. The zero-order valence-corrected chi connectivity index (χ0v) is 14.9. The molecule has 0 aliphatic rings. The van der Waals surface area contributed by atoms with E-state index in [1.165, 1.54) is 11.3 Å². The number of hydrogen-bond donors (Lipinski definition) is 0. The van der Waals surface area contributed by atoms with Gasteiger partial charge in [0.1, 0.15) is 10.6 Å². The van der Waals surface area contributed by atoms with Crippen LogP contribution < -0.4 is 4.74 Å². The molecule has 1 aromatic heterocycles. The second-order valence-electron chi connectivity index (χ2n) is 5.77. The second kappa shape index (κ2) is 7.05. The fourth-order valence-electron chi connectivity index (χ4n) is 2.52. The van der Waals surface area contributed by atoms with Crippen LogP contribution in [0.15, 0.2) is 48.5 Å². The molecule has 3 nitrogen and oxygen atoms in total. The number of rotatable bonds is 5. The van der Waals surface area contributed by atoms with Crippen LogP contribution in [-0.2, 0) is 4.74 Å². The van der Waals surface area contributed by atoms with Gasteiger partial charge in [-0.1, -0.05) is 18.2 Å². The fraction of sp³-hybridized carbons (Fsp3) is 0.250. The summed E-state index contributed by atoms with van der Waals surface area (Å²) in [5.41, 5.74) is 2.24. The summed E-state index contributed by atoms with van der Waals surface area (Å²) < 4.78 is 11.8. The Morgan fingerprint density at radius 3 is 2.42 bits per heavy atom. The molecule has 1 heterocycles. The monoisotopic (exact) mass is 340 g/mol. The lowest BCUT2D eigenvalue weighted by Crippen LogP contribution is -2.05. The maximum atomic E-state index is 11.9. The van der Waals surface area contributed by atoms with Crippen molar-refractivity contribution in [1.82, 2.24) is 0 Å². The maximum Gasteiger partial charge on any atom is 0.348 e. The topological polar surface area (TPSA) is 35.5 Å². The molecule has 0 fully saturated rings. The van der Waals surface area contributed by atoms with Crippen LogP contribution >= 0.6 is 11.3 Å². The molecule has 0 spiro atoms. The normalized spacial score (nSPS) is 11.0. The van der Waals surface area contributed by atoms with Crippen LogP contribution in [0.25, 0.3) is 21.2 Å². The van der Waals surface area contributed by atoms with E-state index in [1.807, 2.05) is 39.0 Å². The number of fused-ring (bicyclic) bond motifs is 1. The van der Waals surface area contributed by atoms with Gasteiger partial charge in [0.15, 0.2) is 0 Å². The first kappa shape index (κ1) is 16.5. The summed E-state index contributed by atoms with van der Waals surface area (Å²) in [4.78, 5) is 12.5. The first-order valence-corrected chi connectivity index (χ1v) is 8.86. The van der Waals surface area contributed by atoms with Crippen molar-refractivity contribution in [2.24, 2.45) is 0 Å². The highest BCUT2D eigenvalue weighted by atomic mass is 32.1. The summed E-state index contributed by atoms with van der Waals surface area (Å²) in [5, 5.41) is 1.06. The molecule has 124 valence electrons. The van der Waals surface area contributed by atoms with Gasteiger partial charge in [-0.3, -0.25) is 0 Å². The van der Waals surface area contributed by atoms with Gasteiger partial charge in [-0.15, -0.1) is 11.3 Å². The average Bonchev–Trinajstić information content (AvgIpc) is 2.98. The van der Waals surface area contributed by atoms with Gasteiger partial charge in [-0.25, -0.2) is 4.79 Å². The Balaban J connectivity index is 1.88. The zero-order chi connectivity index (χ0) is 17.1. The highest BCUT2D eigenvalue weighted by Gasteiger charge is 2.11. The molecule has 0 bridgehead atoms. The summed E-state index contributed by atoms with van der Waals surface area (Å²) in [6.45, 7) is 6.23. The van der Waals surface area contributed by atoms with Crippen molar-refractivity contribution < 1.29 is 14.3 Å². The van der Waals surface area contributed by atoms with E-state index in [-0.39, 0.29) is 12.1 Å². The van der Waals surface area contributed by atoms with Crippen molar-refractivity contribution in [2.45, 2.75) is 26.9 Å². The number of carbonyl (C=O) groups is 1. The lowest BCUT2D eigenvalue weighted by Gasteiger charge is -2.10. The average molecular weight is 340 g/mol. The highest BCUT2D eigenvalue weighted by molar-refractivity contribution is 7.20. The van der Waals surface area contributed by atoms with Gasteiger partial charge in [0.05, 0.1) is 12.7 Å². The van der Waals surface area contributed by atoms with Gasteiger partial charge in [-0.05, 0) is 67.6 Å². The third-order valence-electron chi connectivity index (χ3n) is 3.55. The lowest BCUT2D eigenvalue weighted by molar-refractivity contribution is 0.0532. The van der Waals surface area contributed by atoms with Crippen molar-refractivity contribution in [3.63, 3.8) is 0 Å². The molecule has 3 aromatic rings. The van der Waals surface area contributed by atoms with Gasteiger partial charge in [0, 0.05) is 4.70 Å². The molecule has 0 saturated heterocycles. The van der Waals surface area contributed by atoms with Crippen LogP contribution in [0.1, 0.15) is 30.4 Å². The van der Waals surface area contributed by atoms with Gasteiger partial charge < -0.3 is 9.47 Å². The third-order valence-corrected chi connectivity index (χ3v) is 4.65. The minimum atomic E-state index is -0.254. The number of hydrogen-bond acceptors (Lipinski definition) is 4. The summed E-state index contributed by atoms with van der Waals surface area (Å²) in [6, 6.07) is 16.2. The Kier molecular flexibility index (Phi) is 4.86. The molecule has 0 saturated carbocycles. The molecule has 0 atom stereocenters. The number of benzene rings is 2. The van der Waals surface area contributed by atoms with E-state index in [4.69, 9.17) is 9.47 Å². The molecule has 2 aromatic carbocycles. The van der Waals surface area contributed by atoms with Crippen LogP contribution in [0, 0.1) is 0 Å². The van der Waals surface area contributed by atoms with E-state index in [0.29, 0.717) is 11.5 Å². The Bertz CT molecular complexity index is 847. The smallest absolute Gasteiger partial charge is 0.348 e. The number of esters is 1.